The first kappa shape index (κ1) is 12.4. The molecule has 15 heavy (non-hydrogen) atoms. The van der Waals surface area contributed by atoms with Crippen molar-refractivity contribution >= 4 is 5.97 Å². The Morgan fingerprint density at radius 2 is 2.33 bits per heavy atom. The molecular formula is C10H20N2O3. The van der Waals surface area contributed by atoms with Gasteiger partial charge in [-0.25, -0.2) is 0 Å². The molecule has 5 heteroatoms. The number of hydrogen-bond donors (Lipinski definition) is 1. The van der Waals surface area contributed by atoms with Crippen molar-refractivity contribution < 1.29 is 14.3 Å². The van der Waals surface area contributed by atoms with Crippen LogP contribution in [-0.2, 0) is 14.3 Å². The number of hydrogen-bond acceptors (Lipinski definition) is 5. The lowest BCUT2D eigenvalue weighted by Crippen LogP contribution is -2.57. The molecule has 5 nitrogen and oxygen atoms in total. The Labute approximate surface area is 90.7 Å². The molecule has 1 aliphatic heterocycles. The van der Waals surface area contributed by atoms with Crippen LogP contribution >= 0.6 is 0 Å². The maximum Gasteiger partial charge on any atom is 0.325 e. The molecule has 1 rings (SSSR count). The van der Waals surface area contributed by atoms with Crippen molar-refractivity contribution in [2.75, 3.05) is 40.5 Å². The molecule has 0 aromatic rings. The normalized spacial score (nSPS) is 24.9. The van der Waals surface area contributed by atoms with Crippen molar-refractivity contribution in [3.8, 4) is 0 Å². The number of esters is 1. The summed E-state index contributed by atoms with van der Waals surface area (Å²) in [5, 5.41) is 3.28. The zero-order chi connectivity index (χ0) is 11.3. The van der Waals surface area contributed by atoms with Crippen LogP contribution in [0.1, 0.15) is 6.92 Å². The molecule has 0 aliphatic carbocycles. The number of piperazine rings is 1. The first-order valence-electron chi connectivity index (χ1n) is 5.24. The summed E-state index contributed by atoms with van der Waals surface area (Å²) in [4.78, 5) is 13.7. The third-order valence-corrected chi connectivity index (χ3v) is 2.75. The highest BCUT2D eigenvalue weighted by Gasteiger charge is 2.31. The highest BCUT2D eigenvalue weighted by molar-refractivity contribution is 5.75. The lowest BCUT2D eigenvalue weighted by molar-refractivity contribution is -0.150. The number of nitrogens with zero attached hydrogens (tertiary/aromatic N) is 1. The summed E-state index contributed by atoms with van der Waals surface area (Å²) < 4.78 is 9.85. The van der Waals surface area contributed by atoms with Crippen LogP contribution in [0, 0.1) is 0 Å². The summed E-state index contributed by atoms with van der Waals surface area (Å²) in [5.74, 6) is -0.217. The molecule has 0 spiro atoms. The van der Waals surface area contributed by atoms with Gasteiger partial charge in [0.2, 0.25) is 0 Å². The smallest absolute Gasteiger partial charge is 0.325 e. The highest BCUT2D eigenvalue weighted by Crippen LogP contribution is 2.10. The van der Waals surface area contributed by atoms with Crippen LogP contribution in [0.5, 0.6) is 0 Å². The second-order valence-electron chi connectivity index (χ2n) is 3.79. The summed E-state index contributed by atoms with van der Waals surface area (Å²) >= 11 is 0. The van der Waals surface area contributed by atoms with E-state index in [0.29, 0.717) is 12.6 Å². The molecule has 1 N–H and O–H groups in total. The molecule has 0 amide bonds. The number of nitrogens with one attached hydrogen (secondary N) is 1. The number of ether oxygens (including phenoxy) is 2. The van der Waals surface area contributed by atoms with Crippen LogP contribution < -0.4 is 5.32 Å². The minimum Gasteiger partial charge on any atom is -0.468 e. The van der Waals surface area contributed by atoms with Gasteiger partial charge in [-0.05, 0) is 6.92 Å². The van der Waals surface area contributed by atoms with Crippen LogP contribution in [0.4, 0.5) is 0 Å². The first-order valence-corrected chi connectivity index (χ1v) is 5.24. The van der Waals surface area contributed by atoms with E-state index < -0.39 is 0 Å². The van der Waals surface area contributed by atoms with E-state index in [4.69, 9.17) is 9.47 Å². The molecule has 0 aromatic heterocycles. The van der Waals surface area contributed by atoms with Crippen LogP contribution in [-0.4, -0.2) is 63.4 Å². The van der Waals surface area contributed by atoms with E-state index in [1.165, 1.54) is 7.11 Å². The molecule has 0 radical (unpaired) electrons. The van der Waals surface area contributed by atoms with Crippen LogP contribution in [0.3, 0.4) is 0 Å². The maximum absolute atomic E-state index is 11.6. The summed E-state index contributed by atoms with van der Waals surface area (Å²) in [6.45, 7) is 5.14. The lowest BCUT2D eigenvalue weighted by atomic mass is 10.1. The third kappa shape index (κ3) is 3.15. The Bertz CT molecular complexity index is 211. The van der Waals surface area contributed by atoms with E-state index in [0.717, 1.165) is 19.6 Å². The number of methoxy groups -OCH3 is 2. The molecule has 1 fully saturated rings. The van der Waals surface area contributed by atoms with Crippen molar-refractivity contribution in [3.05, 3.63) is 0 Å². The quantitative estimate of drug-likeness (QED) is 0.640. The minimum atomic E-state index is -0.280. The van der Waals surface area contributed by atoms with Crippen molar-refractivity contribution in [2.45, 2.75) is 19.0 Å². The van der Waals surface area contributed by atoms with Gasteiger partial charge in [0.05, 0.1) is 13.7 Å². The molecule has 1 unspecified atom stereocenters. The standard InChI is InChI=1S/C10H20N2O3/c1-8-6-11-4-5-12(8)9(7-14-2)10(13)15-3/h8-9,11H,4-7H2,1-3H3/t8-,9?/m0/s1. The van der Waals surface area contributed by atoms with E-state index in [1.54, 1.807) is 7.11 Å². The lowest BCUT2D eigenvalue weighted by Gasteiger charge is -2.38. The van der Waals surface area contributed by atoms with E-state index in [1.807, 2.05) is 0 Å². The van der Waals surface area contributed by atoms with Gasteiger partial charge in [0, 0.05) is 32.8 Å². The van der Waals surface area contributed by atoms with Crippen molar-refractivity contribution in [2.24, 2.45) is 0 Å². The average molecular weight is 216 g/mol. The highest BCUT2D eigenvalue weighted by atomic mass is 16.5. The number of carbonyl (C=O) groups excluding carboxylic acids is 1. The van der Waals surface area contributed by atoms with Gasteiger partial charge in [-0.2, -0.15) is 0 Å². The number of carbonyl (C=O) groups is 1. The fourth-order valence-corrected chi connectivity index (χ4v) is 1.91. The van der Waals surface area contributed by atoms with Crippen LogP contribution in [0.2, 0.25) is 0 Å². The monoisotopic (exact) mass is 216 g/mol. The van der Waals surface area contributed by atoms with Gasteiger partial charge in [0.15, 0.2) is 0 Å². The maximum atomic E-state index is 11.6. The van der Waals surface area contributed by atoms with E-state index in [9.17, 15) is 4.79 Å². The zero-order valence-electron chi connectivity index (χ0n) is 9.66. The topological polar surface area (TPSA) is 50.8 Å². The minimum absolute atomic E-state index is 0.217. The summed E-state index contributed by atoms with van der Waals surface area (Å²) in [6.07, 6.45) is 0. The molecule has 0 aromatic carbocycles. The predicted molar refractivity (Wildman–Crippen MR) is 56.7 cm³/mol. The average Bonchev–Trinajstić information content (AvgIpc) is 2.26. The van der Waals surface area contributed by atoms with Crippen LogP contribution in [0.25, 0.3) is 0 Å². The third-order valence-electron chi connectivity index (χ3n) is 2.75. The molecule has 1 heterocycles. The molecule has 0 bridgehead atoms. The molecule has 88 valence electrons. The molecular weight excluding hydrogens is 196 g/mol. The van der Waals surface area contributed by atoms with Crippen molar-refractivity contribution in [1.29, 1.82) is 0 Å². The largest absolute Gasteiger partial charge is 0.468 e. The second-order valence-corrected chi connectivity index (χ2v) is 3.79. The van der Waals surface area contributed by atoms with Gasteiger partial charge in [-0.1, -0.05) is 0 Å². The number of rotatable bonds is 4. The van der Waals surface area contributed by atoms with Gasteiger partial charge in [0.1, 0.15) is 6.04 Å². The molecule has 0 saturated carbocycles. The summed E-state index contributed by atoms with van der Waals surface area (Å²) in [5.41, 5.74) is 0. The van der Waals surface area contributed by atoms with Gasteiger partial charge >= 0.3 is 5.97 Å². The van der Waals surface area contributed by atoms with Crippen molar-refractivity contribution in [3.63, 3.8) is 0 Å². The fraction of sp³-hybridized carbons (Fsp3) is 0.900. The second kappa shape index (κ2) is 6.05. The Hall–Kier alpha value is -0.650. The Morgan fingerprint density at radius 1 is 1.60 bits per heavy atom. The van der Waals surface area contributed by atoms with Gasteiger partial charge in [-0.15, -0.1) is 0 Å². The van der Waals surface area contributed by atoms with E-state index in [2.05, 4.69) is 17.1 Å². The fourth-order valence-electron chi connectivity index (χ4n) is 1.91. The van der Waals surface area contributed by atoms with Crippen LogP contribution in [0.15, 0.2) is 0 Å². The van der Waals surface area contributed by atoms with E-state index >= 15 is 0 Å². The Kier molecular flexibility index (Phi) is 5.01. The Balaban J connectivity index is 2.64. The molecule has 1 aliphatic rings. The van der Waals surface area contributed by atoms with E-state index in [-0.39, 0.29) is 12.0 Å². The van der Waals surface area contributed by atoms with Gasteiger partial charge in [-0.3, -0.25) is 9.69 Å². The van der Waals surface area contributed by atoms with Gasteiger partial charge < -0.3 is 14.8 Å². The van der Waals surface area contributed by atoms with Gasteiger partial charge in [0.25, 0.3) is 0 Å². The summed E-state index contributed by atoms with van der Waals surface area (Å²) in [6, 6.07) is 0.0510. The zero-order valence-corrected chi connectivity index (χ0v) is 9.66. The molecule has 1 saturated heterocycles. The Morgan fingerprint density at radius 3 is 2.87 bits per heavy atom. The predicted octanol–water partition coefficient (Wildman–Crippen LogP) is -0.532. The SMILES string of the molecule is COCC(C(=O)OC)N1CCNC[C@@H]1C. The van der Waals surface area contributed by atoms with Crippen molar-refractivity contribution in [1.82, 2.24) is 10.2 Å². The first-order chi connectivity index (χ1) is 7.20. The summed E-state index contributed by atoms with van der Waals surface area (Å²) in [7, 11) is 3.01. The molecule has 2 atom stereocenters.